The number of fused-ring (bicyclic) bond motifs is 19. The highest BCUT2D eigenvalue weighted by Crippen LogP contribution is 2.47. The summed E-state index contributed by atoms with van der Waals surface area (Å²) in [7, 11) is 0. The standard InChI is InChI=1S/C93H97N3O7/c1-6-11-16-19-22-31-52-101-83-61-77-46-40-71-55-67(34-25-14-9-4)57-73(90(71)97)42-48-79-63-84(102-53-32-23-20-17-12-7-2)65-81(95-79)50-44-75-59-69-36-27-29-38-86(69)88(92(75)99)89-87-39-30-28-37-70(87)60-76(93(89)100)45-51-82-66-85(103-54-33-24-21-18-13-8-3)64-80(96-82)49-43-74-58-68(35-26-15-10-5)56-72(91(74)98)41-47-78(62-83)94-77/h27-30,36-39,55-66,97-100H,6-26,31-35,52-54H2,1-5H3. The molecule has 0 fully saturated rings. The summed E-state index contributed by atoms with van der Waals surface area (Å²) >= 11 is 0. The minimum absolute atomic E-state index is 0.0835. The fourth-order valence-electron chi connectivity index (χ4n) is 12.7. The van der Waals surface area contributed by atoms with Crippen LogP contribution < -0.4 is 14.2 Å². The molecule has 1 aliphatic heterocycles. The molecule has 0 unspecified atom stereocenters. The van der Waals surface area contributed by atoms with Crippen molar-refractivity contribution in [1.82, 2.24) is 15.0 Å². The van der Waals surface area contributed by atoms with Crippen LogP contribution in [0.4, 0.5) is 0 Å². The van der Waals surface area contributed by atoms with Gasteiger partial charge in [-0.25, -0.2) is 15.0 Å². The topological polar surface area (TPSA) is 147 Å². The van der Waals surface area contributed by atoms with Gasteiger partial charge >= 0.3 is 0 Å². The number of phenols is 4. The van der Waals surface area contributed by atoms with Gasteiger partial charge in [-0.3, -0.25) is 0 Å². The maximum Gasteiger partial charge on any atom is 0.146 e. The minimum atomic E-state index is -0.139. The lowest BCUT2D eigenvalue weighted by molar-refractivity contribution is 0.303. The fraction of sp³-hybridized carbons (Fsp3) is 0.366. The van der Waals surface area contributed by atoms with Crippen molar-refractivity contribution in [1.29, 1.82) is 0 Å². The first kappa shape index (κ1) is 74.9. The molecule has 526 valence electrons. The first-order valence-electron chi connectivity index (χ1n) is 37.8. The van der Waals surface area contributed by atoms with Crippen molar-refractivity contribution in [3.05, 3.63) is 200 Å². The van der Waals surface area contributed by atoms with Gasteiger partial charge in [0.2, 0.25) is 0 Å². The van der Waals surface area contributed by atoms with E-state index in [2.05, 4.69) is 106 Å². The van der Waals surface area contributed by atoms with Gasteiger partial charge in [-0.15, -0.1) is 0 Å². The number of rotatable bonds is 32. The van der Waals surface area contributed by atoms with Crippen LogP contribution in [0.1, 0.15) is 267 Å². The summed E-state index contributed by atoms with van der Waals surface area (Å²) in [5.74, 6) is 40.4. The van der Waals surface area contributed by atoms with E-state index in [0.717, 1.165) is 131 Å². The van der Waals surface area contributed by atoms with Crippen LogP contribution in [-0.4, -0.2) is 55.2 Å². The third-order valence-corrected chi connectivity index (χ3v) is 18.4. The molecule has 0 amide bonds. The molecule has 1 aliphatic rings. The van der Waals surface area contributed by atoms with E-state index >= 15 is 0 Å². The van der Waals surface area contributed by atoms with Crippen LogP contribution in [0.15, 0.2) is 121 Å². The van der Waals surface area contributed by atoms with Crippen molar-refractivity contribution in [2.75, 3.05) is 19.8 Å². The second-order valence-corrected chi connectivity index (χ2v) is 26.8. The normalized spacial score (nSPS) is 11.3. The third-order valence-electron chi connectivity index (χ3n) is 18.4. The summed E-state index contributed by atoms with van der Waals surface area (Å²) in [5.41, 5.74) is 7.03. The highest BCUT2D eigenvalue weighted by atomic mass is 16.5. The molecule has 10 nitrogen and oxygen atoms in total. The monoisotopic (exact) mass is 1370 g/mol. The average molecular weight is 1370 g/mol. The summed E-state index contributed by atoms with van der Waals surface area (Å²) < 4.78 is 19.4. The van der Waals surface area contributed by atoms with E-state index in [9.17, 15) is 20.4 Å². The highest BCUT2D eigenvalue weighted by molar-refractivity contribution is 6.11. The van der Waals surface area contributed by atoms with Gasteiger partial charge in [-0.2, -0.15) is 0 Å². The van der Waals surface area contributed by atoms with Crippen LogP contribution in [0.25, 0.3) is 32.7 Å². The molecular weight excluding hydrogens is 1270 g/mol. The predicted molar refractivity (Wildman–Crippen MR) is 418 cm³/mol. The molecule has 4 heterocycles. The number of benzene rings is 6. The van der Waals surface area contributed by atoms with E-state index in [4.69, 9.17) is 29.2 Å². The van der Waals surface area contributed by atoms with E-state index in [1.54, 1.807) is 24.3 Å². The Morgan fingerprint density at radius 3 is 0.816 bits per heavy atom. The maximum atomic E-state index is 12.8. The number of aryl methyl sites for hydroxylation is 2. The van der Waals surface area contributed by atoms with Gasteiger partial charge in [0.15, 0.2) is 0 Å². The number of ether oxygens (including phenoxy) is 3. The Balaban J connectivity index is 1.18. The van der Waals surface area contributed by atoms with Crippen LogP contribution in [0.5, 0.6) is 40.2 Å². The molecule has 6 aromatic carbocycles. The lowest BCUT2D eigenvalue weighted by Crippen LogP contribution is -2.00. The Kier molecular flexibility index (Phi) is 28.7. The van der Waals surface area contributed by atoms with Gasteiger partial charge in [0, 0.05) is 47.5 Å². The zero-order valence-electron chi connectivity index (χ0n) is 60.9. The lowest BCUT2D eigenvalue weighted by Gasteiger charge is -2.16. The lowest BCUT2D eigenvalue weighted by atomic mass is 9.89. The first-order valence-corrected chi connectivity index (χ1v) is 37.8. The molecule has 3 aromatic heterocycles. The number of aromatic hydroxyl groups is 4. The SMILES string of the molecule is CCCCCCCCOc1cc2nc(c1)C#Cc1cc(CCCCC)cc(c1O)C#Cc1cc(OCCCCCCCC)cc(n1)C#Cc1cc3ccccc3c(c1O)-c1c(O)c(cc3ccccc13)C#Cc1cc(OCCCCCCCC)cc(n1)C#Cc1cc(CCCCC)cc(c1O)C#C2. The van der Waals surface area contributed by atoms with Crippen LogP contribution in [0.2, 0.25) is 0 Å². The molecule has 0 saturated carbocycles. The van der Waals surface area contributed by atoms with Crippen LogP contribution in [0.3, 0.4) is 0 Å². The summed E-state index contributed by atoms with van der Waals surface area (Å²) in [4.78, 5) is 14.9. The Morgan fingerprint density at radius 1 is 0.272 bits per heavy atom. The van der Waals surface area contributed by atoms with E-state index in [1.807, 2.05) is 97.1 Å². The Morgan fingerprint density at radius 2 is 0.524 bits per heavy atom. The van der Waals surface area contributed by atoms with E-state index < -0.39 is 0 Å². The third kappa shape index (κ3) is 21.9. The second-order valence-electron chi connectivity index (χ2n) is 26.8. The summed E-state index contributed by atoms with van der Waals surface area (Å²) in [6.07, 6.45) is 27.3. The van der Waals surface area contributed by atoms with E-state index in [1.165, 1.54) is 57.8 Å². The molecule has 0 spiro atoms. The van der Waals surface area contributed by atoms with Gasteiger partial charge in [0.1, 0.15) is 74.4 Å². The molecule has 10 heteroatoms. The van der Waals surface area contributed by atoms with Gasteiger partial charge in [-0.05, 0) is 150 Å². The molecule has 4 N–H and O–H groups in total. The van der Waals surface area contributed by atoms with Crippen LogP contribution >= 0.6 is 0 Å². The van der Waals surface area contributed by atoms with Crippen molar-refractivity contribution in [2.24, 2.45) is 0 Å². The summed E-state index contributed by atoms with van der Waals surface area (Å²) in [6, 6.07) is 37.6. The zero-order valence-corrected chi connectivity index (χ0v) is 60.9. The number of hydrogen-bond donors (Lipinski definition) is 4. The van der Waals surface area contributed by atoms with Crippen molar-refractivity contribution >= 4 is 21.5 Å². The van der Waals surface area contributed by atoms with E-state index in [-0.39, 0.29) is 23.0 Å². The highest BCUT2D eigenvalue weighted by Gasteiger charge is 2.22. The molecule has 14 bridgehead atoms. The summed E-state index contributed by atoms with van der Waals surface area (Å²) in [5, 5.41) is 53.0. The molecule has 103 heavy (non-hydrogen) atoms. The van der Waals surface area contributed by atoms with Crippen molar-refractivity contribution in [3.8, 4) is 122 Å². The van der Waals surface area contributed by atoms with Gasteiger partial charge in [0.05, 0.1) is 53.2 Å². The molecule has 9 aromatic rings. The molecular formula is C93H97N3O7. The quantitative estimate of drug-likeness (QED) is 0.0237. The van der Waals surface area contributed by atoms with Crippen molar-refractivity contribution in [2.45, 2.75) is 202 Å². The van der Waals surface area contributed by atoms with Crippen LogP contribution in [0, 0.1) is 71.0 Å². The smallest absolute Gasteiger partial charge is 0.146 e. The minimum Gasteiger partial charge on any atom is -0.506 e. The Labute approximate surface area is 611 Å². The number of aromatic nitrogens is 3. The average Bonchev–Trinajstić information content (AvgIpc) is 0.742. The molecule has 10 rings (SSSR count). The predicted octanol–water partition coefficient (Wildman–Crippen LogP) is 21.1. The van der Waals surface area contributed by atoms with Gasteiger partial charge in [-0.1, -0.05) is 241 Å². The van der Waals surface area contributed by atoms with Gasteiger partial charge in [0.25, 0.3) is 0 Å². The maximum absolute atomic E-state index is 12.8. The summed E-state index contributed by atoms with van der Waals surface area (Å²) in [6.45, 7) is 12.5. The van der Waals surface area contributed by atoms with Crippen LogP contribution in [-0.2, 0) is 12.8 Å². The Hall–Kier alpha value is -10.8. The van der Waals surface area contributed by atoms with Gasteiger partial charge < -0.3 is 34.6 Å². The molecule has 0 atom stereocenters. The number of nitrogens with zero attached hydrogens (tertiary/aromatic N) is 3. The number of unbranched alkanes of at least 4 members (excludes halogenated alkanes) is 19. The van der Waals surface area contributed by atoms with Crippen molar-refractivity contribution in [3.63, 3.8) is 0 Å². The number of phenolic OH excluding ortho intramolecular Hbond substituents is 4. The zero-order chi connectivity index (χ0) is 72.0. The Bertz CT molecular complexity index is 4550. The second kappa shape index (κ2) is 39.5. The van der Waals surface area contributed by atoms with Crippen molar-refractivity contribution < 1.29 is 34.6 Å². The fourth-order valence-corrected chi connectivity index (χ4v) is 12.7. The molecule has 0 radical (unpaired) electrons. The molecule has 0 saturated heterocycles. The van der Waals surface area contributed by atoms with E-state index in [0.29, 0.717) is 127 Å². The first-order chi connectivity index (χ1) is 50.5. The number of hydrogen-bond acceptors (Lipinski definition) is 10. The molecule has 0 aliphatic carbocycles. The largest absolute Gasteiger partial charge is 0.506 e. The number of pyridine rings is 3.